The van der Waals surface area contributed by atoms with Crippen LogP contribution in [0, 0.1) is 13.8 Å². The number of aliphatic hydroxyl groups is 1. The molecule has 2 aromatic carbocycles. The van der Waals surface area contributed by atoms with Crippen LogP contribution in [0.1, 0.15) is 34.6 Å². The molecule has 21 heavy (non-hydrogen) atoms. The lowest BCUT2D eigenvalue weighted by Crippen LogP contribution is -2.26. The second-order valence-corrected chi connectivity index (χ2v) is 6.05. The standard InChI is InChI=1S/C19H22O2/c1-13-9-14(2)11-15(10-13)12-18(20)16-7-8-21-19-6-4-3-5-17(16)19/h3-6,9-11,16,18,20H,7-8,12H2,1-2H3. The summed E-state index contributed by atoms with van der Waals surface area (Å²) in [4.78, 5) is 0. The Labute approximate surface area is 126 Å². The van der Waals surface area contributed by atoms with E-state index >= 15 is 0 Å². The molecule has 0 radical (unpaired) electrons. The maximum atomic E-state index is 10.7. The van der Waals surface area contributed by atoms with Gasteiger partial charge in [-0.05, 0) is 43.9 Å². The van der Waals surface area contributed by atoms with Crippen LogP contribution >= 0.6 is 0 Å². The predicted octanol–water partition coefficient (Wildman–Crippen LogP) is 3.77. The van der Waals surface area contributed by atoms with Crippen molar-refractivity contribution in [1.82, 2.24) is 0 Å². The predicted molar refractivity (Wildman–Crippen MR) is 84.9 cm³/mol. The van der Waals surface area contributed by atoms with Crippen molar-refractivity contribution in [2.24, 2.45) is 0 Å². The van der Waals surface area contributed by atoms with Crippen LogP contribution in [-0.2, 0) is 6.42 Å². The van der Waals surface area contributed by atoms with Crippen molar-refractivity contribution in [1.29, 1.82) is 0 Å². The maximum absolute atomic E-state index is 10.7. The Balaban J connectivity index is 1.81. The summed E-state index contributed by atoms with van der Waals surface area (Å²) in [5, 5.41) is 10.7. The molecule has 3 rings (SSSR count). The third kappa shape index (κ3) is 3.11. The fraction of sp³-hybridized carbons (Fsp3) is 0.368. The molecule has 2 atom stereocenters. The van der Waals surface area contributed by atoms with Gasteiger partial charge in [-0.15, -0.1) is 0 Å². The summed E-state index contributed by atoms with van der Waals surface area (Å²) in [6, 6.07) is 14.6. The van der Waals surface area contributed by atoms with E-state index in [9.17, 15) is 5.11 Å². The van der Waals surface area contributed by atoms with Gasteiger partial charge in [-0.2, -0.15) is 0 Å². The van der Waals surface area contributed by atoms with E-state index in [1.165, 1.54) is 16.7 Å². The number of aliphatic hydroxyl groups excluding tert-OH is 1. The minimum atomic E-state index is -0.365. The van der Waals surface area contributed by atoms with Crippen LogP contribution in [0.2, 0.25) is 0 Å². The molecule has 1 heterocycles. The monoisotopic (exact) mass is 282 g/mol. The van der Waals surface area contributed by atoms with Crippen LogP contribution in [0.4, 0.5) is 0 Å². The number of benzene rings is 2. The summed E-state index contributed by atoms with van der Waals surface area (Å²) in [7, 11) is 0. The highest BCUT2D eigenvalue weighted by atomic mass is 16.5. The van der Waals surface area contributed by atoms with Crippen molar-refractivity contribution in [3.63, 3.8) is 0 Å². The molecular weight excluding hydrogens is 260 g/mol. The van der Waals surface area contributed by atoms with Crippen LogP contribution in [0.15, 0.2) is 42.5 Å². The molecule has 110 valence electrons. The molecule has 0 fully saturated rings. The Morgan fingerprint density at radius 2 is 1.86 bits per heavy atom. The first-order valence-electron chi connectivity index (χ1n) is 7.60. The number of fused-ring (bicyclic) bond motifs is 1. The maximum Gasteiger partial charge on any atom is 0.122 e. The summed E-state index contributed by atoms with van der Waals surface area (Å²) in [5.41, 5.74) is 4.86. The lowest BCUT2D eigenvalue weighted by molar-refractivity contribution is 0.116. The normalized spacial score (nSPS) is 18.7. The fourth-order valence-electron chi connectivity index (χ4n) is 3.34. The molecule has 1 aliphatic heterocycles. The topological polar surface area (TPSA) is 29.5 Å². The lowest BCUT2D eigenvalue weighted by atomic mass is 9.85. The largest absolute Gasteiger partial charge is 0.493 e. The fourth-order valence-corrected chi connectivity index (χ4v) is 3.34. The van der Waals surface area contributed by atoms with Crippen molar-refractivity contribution in [3.8, 4) is 5.75 Å². The highest BCUT2D eigenvalue weighted by Crippen LogP contribution is 2.36. The minimum absolute atomic E-state index is 0.163. The third-order valence-electron chi connectivity index (χ3n) is 4.20. The first-order valence-corrected chi connectivity index (χ1v) is 7.60. The molecule has 0 spiro atoms. The molecule has 2 unspecified atom stereocenters. The molecule has 1 aliphatic rings. The second-order valence-electron chi connectivity index (χ2n) is 6.05. The molecule has 0 amide bonds. The van der Waals surface area contributed by atoms with Crippen LogP contribution in [0.5, 0.6) is 5.75 Å². The van der Waals surface area contributed by atoms with Crippen molar-refractivity contribution >= 4 is 0 Å². The average Bonchev–Trinajstić information content (AvgIpc) is 2.45. The summed E-state index contributed by atoms with van der Waals surface area (Å²) in [6.45, 7) is 4.89. The quantitative estimate of drug-likeness (QED) is 0.928. The Bertz CT molecular complexity index is 613. The van der Waals surface area contributed by atoms with E-state index in [2.05, 4.69) is 38.1 Å². The molecule has 1 N–H and O–H groups in total. The van der Waals surface area contributed by atoms with Gasteiger partial charge in [0.05, 0.1) is 12.7 Å². The average molecular weight is 282 g/mol. The lowest BCUT2D eigenvalue weighted by Gasteiger charge is -2.29. The minimum Gasteiger partial charge on any atom is -0.493 e. The molecule has 2 aromatic rings. The SMILES string of the molecule is Cc1cc(C)cc(CC(O)C2CCOc3ccccc32)c1. The van der Waals surface area contributed by atoms with Crippen molar-refractivity contribution in [2.75, 3.05) is 6.61 Å². The number of ether oxygens (including phenoxy) is 1. The second kappa shape index (κ2) is 5.90. The number of rotatable bonds is 3. The summed E-state index contributed by atoms with van der Waals surface area (Å²) in [5.74, 6) is 1.09. The number of hydrogen-bond acceptors (Lipinski definition) is 2. The Morgan fingerprint density at radius 1 is 1.14 bits per heavy atom. The van der Waals surface area contributed by atoms with Gasteiger partial charge < -0.3 is 9.84 Å². The van der Waals surface area contributed by atoms with Gasteiger partial charge in [0, 0.05) is 5.92 Å². The number of aryl methyl sites for hydroxylation is 2. The van der Waals surface area contributed by atoms with Crippen LogP contribution in [-0.4, -0.2) is 17.8 Å². The molecular formula is C19H22O2. The van der Waals surface area contributed by atoms with Crippen LogP contribution in [0.3, 0.4) is 0 Å². The van der Waals surface area contributed by atoms with Gasteiger partial charge >= 0.3 is 0 Å². The smallest absolute Gasteiger partial charge is 0.122 e. The van der Waals surface area contributed by atoms with Gasteiger partial charge in [0.25, 0.3) is 0 Å². The van der Waals surface area contributed by atoms with E-state index in [0.29, 0.717) is 13.0 Å². The van der Waals surface area contributed by atoms with Gasteiger partial charge in [0.1, 0.15) is 5.75 Å². The number of hydrogen-bond donors (Lipinski definition) is 1. The first-order chi connectivity index (χ1) is 10.1. The molecule has 0 saturated heterocycles. The zero-order chi connectivity index (χ0) is 14.8. The zero-order valence-electron chi connectivity index (χ0n) is 12.7. The van der Waals surface area contributed by atoms with Gasteiger partial charge in [0.15, 0.2) is 0 Å². The highest BCUT2D eigenvalue weighted by Gasteiger charge is 2.27. The van der Waals surface area contributed by atoms with Gasteiger partial charge in [-0.1, -0.05) is 47.5 Å². The van der Waals surface area contributed by atoms with Crippen molar-refractivity contribution in [3.05, 3.63) is 64.7 Å². The van der Waals surface area contributed by atoms with E-state index in [0.717, 1.165) is 17.7 Å². The van der Waals surface area contributed by atoms with Gasteiger partial charge in [-0.25, -0.2) is 0 Å². The molecule has 0 bridgehead atoms. The Kier molecular flexibility index (Phi) is 3.98. The van der Waals surface area contributed by atoms with Gasteiger partial charge in [0.2, 0.25) is 0 Å². The molecule has 2 nitrogen and oxygen atoms in total. The van der Waals surface area contributed by atoms with E-state index in [1.54, 1.807) is 0 Å². The van der Waals surface area contributed by atoms with E-state index in [-0.39, 0.29) is 12.0 Å². The first kappa shape index (κ1) is 14.2. The van der Waals surface area contributed by atoms with Gasteiger partial charge in [-0.3, -0.25) is 0 Å². The summed E-state index contributed by atoms with van der Waals surface area (Å²) >= 11 is 0. The molecule has 0 aliphatic carbocycles. The van der Waals surface area contributed by atoms with E-state index in [1.807, 2.05) is 18.2 Å². The third-order valence-corrected chi connectivity index (χ3v) is 4.20. The van der Waals surface area contributed by atoms with E-state index < -0.39 is 0 Å². The van der Waals surface area contributed by atoms with Crippen LogP contribution in [0.25, 0.3) is 0 Å². The van der Waals surface area contributed by atoms with Crippen molar-refractivity contribution < 1.29 is 9.84 Å². The van der Waals surface area contributed by atoms with Crippen LogP contribution < -0.4 is 4.74 Å². The van der Waals surface area contributed by atoms with Crippen molar-refractivity contribution in [2.45, 2.75) is 38.7 Å². The molecule has 2 heteroatoms. The molecule has 0 aromatic heterocycles. The summed E-state index contributed by atoms with van der Waals surface area (Å²) in [6.07, 6.45) is 1.21. The molecule has 0 saturated carbocycles. The Hall–Kier alpha value is -1.80. The Morgan fingerprint density at radius 3 is 2.62 bits per heavy atom. The summed E-state index contributed by atoms with van der Waals surface area (Å²) < 4.78 is 5.68. The zero-order valence-corrected chi connectivity index (χ0v) is 12.7. The number of para-hydroxylation sites is 1. The highest BCUT2D eigenvalue weighted by molar-refractivity contribution is 5.39. The van der Waals surface area contributed by atoms with E-state index in [4.69, 9.17) is 4.74 Å².